The van der Waals surface area contributed by atoms with Gasteiger partial charge >= 0.3 is 0 Å². The summed E-state index contributed by atoms with van der Waals surface area (Å²) in [6.07, 6.45) is 2.45. The fraction of sp³-hybridized carbons (Fsp3) is 0.300. The first-order chi connectivity index (χ1) is 24.9. The zero-order valence-electron chi connectivity index (χ0n) is 30.3. The topological polar surface area (TPSA) is 182 Å². The summed E-state index contributed by atoms with van der Waals surface area (Å²) >= 11 is 0. The number of ether oxygens (including phenoxy) is 4. The quantitative estimate of drug-likeness (QED) is 0.147. The summed E-state index contributed by atoms with van der Waals surface area (Å²) in [5.74, 6) is -1.94. The number of nitrogens with zero attached hydrogens (tertiary/aromatic N) is 2. The second-order valence-electron chi connectivity index (χ2n) is 14.8. The first kappa shape index (κ1) is 34.0. The Morgan fingerprint density at radius 2 is 1.32 bits per heavy atom. The van der Waals surface area contributed by atoms with E-state index < -0.39 is 39.8 Å². The predicted molar refractivity (Wildman–Crippen MR) is 199 cm³/mol. The molecule has 2 aliphatic rings. The van der Waals surface area contributed by atoms with Crippen LogP contribution in [-0.4, -0.2) is 66.2 Å². The number of phenolic OH excluding ortho intramolecular Hbond substituents is 4. The van der Waals surface area contributed by atoms with Crippen molar-refractivity contribution in [3.8, 4) is 46.0 Å². The summed E-state index contributed by atoms with van der Waals surface area (Å²) in [6, 6.07) is 6.88. The number of phenols is 4. The molecule has 0 radical (unpaired) electrons. The summed E-state index contributed by atoms with van der Waals surface area (Å²) < 4.78 is 27.5. The number of hydrogen-bond acceptors (Lipinski definition) is 11. The van der Waals surface area contributed by atoms with Crippen LogP contribution in [0.3, 0.4) is 0 Å². The number of aromatic hydroxyl groups is 4. The van der Waals surface area contributed by atoms with E-state index >= 15 is 0 Å². The normalized spacial score (nSPS) is 17.6. The van der Waals surface area contributed by atoms with E-state index in [1.165, 1.54) is 58.4 Å². The molecule has 0 aliphatic carbocycles. The average molecular weight is 723 g/mol. The van der Waals surface area contributed by atoms with E-state index in [2.05, 4.69) is 0 Å². The van der Waals surface area contributed by atoms with Gasteiger partial charge in [-0.1, -0.05) is 0 Å². The van der Waals surface area contributed by atoms with Crippen LogP contribution >= 0.6 is 0 Å². The Bertz CT molecular complexity index is 2790. The maximum Gasteiger partial charge on any atom is 0.201 e. The molecule has 274 valence electrons. The van der Waals surface area contributed by atoms with E-state index in [1.807, 2.05) is 19.9 Å². The van der Waals surface area contributed by atoms with Crippen molar-refractivity contribution in [3.63, 3.8) is 0 Å². The number of aryl methyl sites for hydroxylation is 2. The van der Waals surface area contributed by atoms with Gasteiger partial charge in [0.2, 0.25) is 10.9 Å². The van der Waals surface area contributed by atoms with E-state index in [-0.39, 0.29) is 78.4 Å². The Hall–Kier alpha value is -6.08. The molecule has 8 rings (SSSR count). The third kappa shape index (κ3) is 4.46. The van der Waals surface area contributed by atoms with Gasteiger partial charge in [0.15, 0.2) is 23.0 Å². The highest BCUT2D eigenvalue weighted by Gasteiger charge is 2.50. The van der Waals surface area contributed by atoms with Gasteiger partial charge in [0.1, 0.15) is 34.7 Å². The molecule has 2 unspecified atom stereocenters. The molecule has 0 saturated heterocycles. The first-order valence-electron chi connectivity index (χ1n) is 16.9. The Balaban J connectivity index is 1.61. The molecule has 0 bridgehead atoms. The molecule has 2 aromatic heterocycles. The van der Waals surface area contributed by atoms with Crippen LogP contribution in [0, 0.1) is 0 Å². The van der Waals surface area contributed by atoms with Crippen LogP contribution in [-0.2, 0) is 14.1 Å². The van der Waals surface area contributed by atoms with Crippen molar-refractivity contribution in [2.75, 3.05) is 14.2 Å². The van der Waals surface area contributed by atoms with Gasteiger partial charge in [0.25, 0.3) is 0 Å². The third-order valence-electron chi connectivity index (χ3n) is 10.6. The fourth-order valence-corrected chi connectivity index (χ4v) is 8.31. The van der Waals surface area contributed by atoms with Gasteiger partial charge in [-0.15, -0.1) is 0 Å². The average Bonchev–Trinajstić information content (AvgIpc) is 3.47. The molecule has 0 fully saturated rings. The van der Waals surface area contributed by atoms with Crippen LogP contribution in [0.15, 0.2) is 46.0 Å². The molecule has 0 spiro atoms. The number of benzene rings is 4. The lowest BCUT2D eigenvalue weighted by atomic mass is 9.78. The Morgan fingerprint density at radius 3 is 1.87 bits per heavy atom. The van der Waals surface area contributed by atoms with Crippen LogP contribution in [0.25, 0.3) is 49.7 Å². The number of rotatable bonds is 4. The number of pyridine rings is 2. The number of aromatic nitrogens is 2. The van der Waals surface area contributed by atoms with E-state index in [4.69, 9.17) is 18.9 Å². The van der Waals surface area contributed by atoms with Crippen molar-refractivity contribution in [1.29, 1.82) is 0 Å². The van der Waals surface area contributed by atoms with Gasteiger partial charge in [-0.25, -0.2) is 0 Å². The minimum atomic E-state index is -1.62. The lowest BCUT2D eigenvalue weighted by Crippen LogP contribution is -2.42. The molecule has 0 saturated carbocycles. The molecular weight excluding hydrogens is 684 g/mol. The van der Waals surface area contributed by atoms with Crippen LogP contribution in [0.4, 0.5) is 0 Å². The summed E-state index contributed by atoms with van der Waals surface area (Å²) in [7, 11) is 6.07. The Labute approximate surface area is 301 Å². The van der Waals surface area contributed by atoms with Crippen molar-refractivity contribution in [2.45, 2.75) is 50.9 Å². The molecule has 4 heterocycles. The zero-order chi connectivity index (χ0) is 38.2. The SMILES string of the molecule is COc1c(O)ccc2c(=O)c3c(O)c(C4c5c(cc(O)c6c(=O)c7ccc(O)c(OC)c7n(C)c56)OC4C(C)(C)O)c4c(c3n(C)c12)C=CC(C)(C)O4. The van der Waals surface area contributed by atoms with Crippen LogP contribution in [0.5, 0.6) is 46.0 Å². The smallest absolute Gasteiger partial charge is 0.201 e. The second kappa shape index (κ2) is 11.0. The van der Waals surface area contributed by atoms with Gasteiger partial charge in [-0.3, -0.25) is 9.59 Å². The molecule has 5 N–H and O–H groups in total. The van der Waals surface area contributed by atoms with Gasteiger partial charge in [-0.05, 0) is 64.1 Å². The van der Waals surface area contributed by atoms with Gasteiger partial charge in [0.05, 0.1) is 69.4 Å². The summed E-state index contributed by atoms with van der Waals surface area (Å²) in [5, 5.41) is 57.4. The highest BCUT2D eigenvalue weighted by atomic mass is 16.5. The lowest BCUT2D eigenvalue weighted by molar-refractivity contribution is -0.0302. The second-order valence-corrected chi connectivity index (χ2v) is 14.8. The third-order valence-corrected chi connectivity index (χ3v) is 10.6. The van der Waals surface area contributed by atoms with E-state index in [0.717, 1.165) is 0 Å². The van der Waals surface area contributed by atoms with E-state index in [0.29, 0.717) is 22.2 Å². The first-order valence-corrected chi connectivity index (χ1v) is 16.9. The van der Waals surface area contributed by atoms with Crippen LogP contribution in [0.2, 0.25) is 0 Å². The Kier molecular flexibility index (Phi) is 7.04. The van der Waals surface area contributed by atoms with Crippen LogP contribution in [0.1, 0.15) is 50.3 Å². The molecular formula is C40H38N2O11. The fourth-order valence-electron chi connectivity index (χ4n) is 8.31. The van der Waals surface area contributed by atoms with Crippen molar-refractivity contribution in [3.05, 3.63) is 73.5 Å². The van der Waals surface area contributed by atoms with Crippen molar-refractivity contribution < 1.29 is 44.5 Å². The zero-order valence-corrected chi connectivity index (χ0v) is 30.3. The molecule has 53 heavy (non-hydrogen) atoms. The molecule has 2 aliphatic heterocycles. The van der Waals surface area contributed by atoms with Gasteiger partial charge in [-0.2, -0.15) is 0 Å². The number of methoxy groups -OCH3 is 2. The molecule has 13 nitrogen and oxygen atoms in total. The number of hydrogen-bond donors (Lipinski definition) is 5. The maximum atomic E-state index is 14.6. The van der Waals surface area contributed by atoms with Crippen molar-refractivity contribution in [1.82, 2.24) is 9.13 Å². The van der Waals surface area contributed by atoms with E-state index in [1.54, 1.807) is 29.3 Å². The van der Waals surface area contributed by atoms with Gasteiger partial charge < -0.3 is 53.6 Å². The molecule has 13 heteroatoms. The molecule has 6 aromatic rings. The minimum Gasteiger partial charge on any atom is -0.507 e. The molecule has 2 atom stereocenters. The van der Waals surface area contributed by atoms with Gasteiger partial charge in [0, 0.05) is 36.9 Å². The summed E-state index contributed by atoms with van der Waals surface area (Å²) in [5.41, 5.74) is -1.79. The largest absolute Gasteiger partial charge is 0.507 e. The molecule has 0 amide bonds. The highest BCUT2D eigenvalue weighted by molar-refractivity contribution is 6.06. The monoisotopic (exact) mass is 722 g/mol. The summed E-state index contributed by atoms with van der Waals surface area (Å²) in [4.78, 5) is 28.8. The minimum absolute atomic E-state index is 0.0218. The number of aliphatic hydroxyl groups is 1. The van der Waals surface area contributed by atoms with E-state index in [9.17, 15) is 35.1 Å². The van der Waals surface area contributed by atoms with Crippen molar-refractivity contribution in [2.24, 2.45) is 14.1 Å². The standard InChI is InChI=1S/C40H38N2O11/c1-39(2)14-13-18-28-27(33(47)17-10-12-19(43)36(50-7)29(17)41(28)5)34(48)26(35(18)53-39)25-24-22(52-38(25)40(3,4)49)15-21(45)23-31(24)42(6)30-16(32(23)46)9-11-20(44)37(30)51-8/h9-15,25,38,43-45,48-49H,1-8H3. The highest BCUT2D eigenvalue weighted by Crippen LogP contribution is 2.58. The maximum absolute atomic E-state index is 14.6. The number of fused-ring (bicyclic) bond motifs is 8. The predicted octanol–water partition coefficient (Wildman–Crippen LogP) is 5.38. The van der Waals surface area contributed by atoms with Crippen LogP contribution < -0.4 is 29.8 Å². The molecule has 4 aromatic carbocycles. The lowest BCUT2D eigenvalue weighted by Gasteiger charge is -2.35. The summed E-state index contributed by atoms with van der Waals surface area (Å²) in [6.45, 7) is 6.72. The van der Waals surface area contributed by atoms with Crippen molar-refractivity contribution >= 4 is 49.7 Å². The Morgan fingerprint density at radius 1 is 0.774 bits per heavy atom.